The lowest BCUT2D eigenvalue weighted by molar-refractivity contribution is -0.0500. The van der Waals surface area contributed by atoms with E-state index >= 15 is 0 Å². The normalized spacial score (nSPS) is 11.7. The van der Waals surface area contributed by atoms with Gasteiger partial charge in [0.25, 0.3) is 0 Å². The number of nitriles is 1. The van der Waals surface area contributed by atoms with E-state index in [1.165, 1.54) is 13.1 Å². The van der Waals surface area contributed by atoms with E-state index in [1.54, 1.807) is 36.4 Å². The summed E-state index contributed by atoms with van der Waals surface area (Å²) in [6.45, 7) is 1.36. The zero-order valence-electron chi connectivity index (χ0n) is 17.4. The summed E-state index contributed by atoms with van der Waals surface area (Å²) in [6.07, 6.45) is 2.20. The third kappa shape index (κ3) is 4.46. The van der Waals surface area contributed by atoms with Crippen molar-refractivity contribution < 1.29 is 30.5 Å². The Labute approximate surface area is 191 Å². The van der Waals surface area contributed by atoms with Crippen LogP contribution in [-0.4, -0.2) is 23.5 Å². The topological polar surface area (TPSA) is 106 Å². The van der Waals surface area contributed by atoms with Crippen molar-refractivity contribution in [2.45, 2.75) is 12.4 Å². The van der Waals surface area contributed by atoms with Crippen molar-refractivity contribution in [2.75, 3.05) is 5.32 Å². The van der Waals surface area contributed by atoms with Gasteiger partial charge < -0.3 is 14.2 Å². The number of nitrogens with one attached hydrogen (secondary N) is 1. The summed E-state index contributed by atoms with van der Waals surface area (Å²) in [4.78, 5) is 0. The smallest absolute Gasteiger partial charge is 0.457 e. The van der Waals surface area contributed by atoms with Crippen molar-refractivity contribution in [1.29, 1.82) is 5.26 Å². The highest BCUT2D eigenvalue weighted by Crippen LogP contribution is 2.36. The van der Waals surface area contributed by atoms with Crippen LogP contribution in [0.25, 0.3) is 5.52 Å². The average molecular weight is 488 g/mol. The molecule has 174 valence electrons. The Kier molecular flexibility index (Phi) is 5.80. The van der Waals surface area contributed by atoms with Crippen molar-refractivity contribution in [3.05, 3.63) is 78.1 Å². The first-order valence-corrected chi connectivity index (χ1v) is 11.0. The highest BCUT2D eigenvalue weighted by atomic mass is 32.2. The summed E-state index contributed by atoms with van der Waals surface area (Å²) < 4.78 is 72.4. The van der Waals surface area contributed by atoms with Crippen LogP contribution in [-0.2, 0) is 10.1 Å². The minimum atomic E-state index is -5.88. The Bertz CT molecular complexity index is 1490. The van der Waals surface area contributed by atoms with Crippen LogP contribution in [0.2, 0.25) is 0 Å². The van der Waals surface area contributed by atoms with Crippen LogP contribution in [0.4, 0.5) is 24.5 Å². The average Bonchev–Trinajstić information content (AvgIpc) is 3.10. The highest BCUT2D eigenvalue weighted by Gasteiger charge is 2.49. The van der Waals surface area contributed by atoms with E-state index in [2.05, 4.69) is 14.6 Å². The van der Waals surface area contributed by atoms with E-state index in [0.717, 1.165) is 10.7 Å². The second-order valence-corrected chi connectivity index (χ2v) is 8.54. The fourth-order valence-electron chi connectivity index (χ4n) is 3.10. The third-order valence-corrected chi connectivity index (χ3v) is 5.68. The van der Waals surface area contributed by atoms with Crippen LogP contribution in [0.3, 0.4) is 0 Å². The summed E-state index contributed by atoms with van der Waals surface area (Å²) in [5, 5.41) is 16.5. The molecule has 0 atom stereocenters. The number of hydrogen-bond acceptors (Lipinski definition) is 7. The number of nitrogens with zero attached hydrogens (tertiary/aromatic N) is 3. The molecule has 8 nitrogen and oxygen atoms in total. The van der Waals surface area contributed by atoms with Crippen molar-refractivity contribution in [3.8, 4) is 23.3 Å². The minimum Gasteiger partial charge on any atom is -0.457 e. The number of anilines is 2. The van der Waals surface area contributed by atoms with E-state index in [0.29, 0.717) is 17.2 Å². The molecule has 0 spiro atoms. The maximum absolute atomic E-state index is 12.8. The summed E-state index contributed by atoms with van der Waals surface area (Å²) in [5.41, 5.74) is -4.53. The number of ether oxygens (including phenoxy) is 1. The van der Waals surface area contributed by atoms with Gasteiger partial charge in [-0.3, -0.25) is 0 Å². The van der Waals surface area contributed by atoms with Crippen LogP contribution in [0.5, 0.6) is 17.2 Å². The number of hydrogen-bond donors (Lipinski definition) is 1. The number of para-hydroxylation sites is 1. The molecule has 4 rings (SSSR count). The molecule has 34 heavy (non-hydrogen) atoms. The second-order valence-electron chi connectivity index (χ2n) is 7.00. The predicted octanol–water partition coefficient (Wildman–Crippen LogP) is 5.28. The first-order chi connectivity index (χ1) is 16.1. The lowest BCUT2D eigenvalue weighted by Crippen LogP contribution is -2.28. The molecule has 1 N–H and O–H groups in total. The van der Waals surface area contributed by atoms with Crippen molar-refractivity contribution in [1.82, 2.24) is 9.61 Å². The molecule has 0 aliphatic carbocycles. The lowest BCUT2D eigenvalue weighted by atomic mass is 10.2. The number of aromatic nitrogens is 2. The molecule has 4 aromatic rings. The van der Waals surface area contributed by atoms with Crippen LogP contribution in [0.15, 0.2) is 67.0 Å². The van der Waals surface area contributed by atoms with Crippen molar-refractivity contribution >= 4 is 27.0 Å². The number of fused-ring (bicyclic) bond motifs is 1. The fourth-order valence-corrected chi connectivity index (χ4v) is 3.60. The molecule has 12 heteroatoms. The van der Waals surface area contributed by atoms with E-state index in [-0.39, 0.29) is 22.3 Å². The lowest BCUT2D eigenvalue weighted by Gasteiger charge is -2.12. The van der Waals surface area contributed by atoms with Crippen LogP contribution < -0.4 is 14.2 Å². The Balaban J connectivity index is 1.68. The first-order valence-electron chi connectivity index (χ1n) is 9.61. The van der Waals surface area contributed by atoms with Crippen molar-refractivity contribution in [3.63, 3.8) is 0 Å². The molecule has 0 aliphatic heterocycles. The third-order valence-electron chi connectivity index (χ3n) is 4.72. The molecule has 2 aromatic heterocycles. The monoisotopic (exact) mass is 488 g/mol. The molecule has 2 aromatic carbocycles. The summed E-state index contributed by atoms with van der Waals surface area (Å²) >= 11 is 0. The Morgan fingerprint density at radius 3 is 2.32 bits per heavy atom. The van der Waals surface area contributed by atoms with Gasteiger partial charge in [0.15, 0.2) is 5.75 Å². The van der Waals surface area contributed by atoms with Gasteiger partial charge in [0, 0.05) is 11.3 Å². The Morgan fingerprint density at radius 1 is 1.06 bits per heavy atom. The molecular formula is C22H15F3N4O4S. The molecule has 0 unspecified atom stereocenters. The number of alkyl halides is 3. The maximum Gasteiger partial charge on any atom is 0.534 e. The van der Waals surface area contributed by atoms with E-state index < -0.39 is 21.4 Å². The van der Waals surface area contributed by atoms with E-state index in [1.807, 2.05) is 24.3 Å². The predicted molar refractivity (Wildman–Crippen MR) is 116 cm³/mol. The Morgan fingerprint density at radius 2 is 1.71 bits per heavy atom. The fraction of sp³-hybridized carbons (Fsp3) is 0.0909. The molecule has 0 radical (unpaired) electrons. The summed E-state index contributed by atoms with van der Waals surface area (Å²) in [6, 6.07) is 17.8. The molecule has 0 aliphatic rings. The van der Waals surface area contributed by atoms with Gasteiger partial charge in [-0.25, -0.2) is 4.52 Å². The van der Waals surface area contributed by atoms with Gasteiger partial charge in [0.2, 0.25) is 0 Å². The number of rotatable bonds is 6. The molecule has 0 bridgehead atoms. The van der Waals surface area contributed by atoms with Crippen LogP contribution in [0.1, 0.15) is 11.1 Å². The van der Waals surface area contributed by atoms with E-state index in [9.17, 15) is 26.9 Å². The first kappa shape index (κ1) is 22.9. The number of benzene rings is 2. The number of aryl methyl sites for hydroxylation is 1. The quantitative estimate of drug-likeness (QED) is 0.291. The van der Waals surface area contributed by atoms with Gasteiger partial charge in [-0.2, -0.15) is 31.9 Å². The number of halogens is 3. The zero-order chi connectivity index (χ0) is 24.5. The van der Waals surface area contributed by atoms with Gasteiger partial charge in [-0.1, -0.05) is 18.2 Å². The minimum absolute atomic E-state index is 0.0453. The second kappa shape index (κ2) is 8.60. The van der Waals surface area contributed by atoms with Gasteiger partial charge >= 0.3 is 15.6 Å². The molecule has 0 saturated heterocycles. The van der Waals surface area contributed by atoms with Crippen LogP contribution >= 0.6 is 0 Å². The van der Waals surface area contributed by atoms with Gasteiger partial charge in [-0.05, 0) is 43.3 Å². The SMILES string of the molecule is Cc1c(OS(=O)(=O)C(F)(F)F)cn2ncc(C#N)c(Nc3ccc(Oc4ccccc4)cc3)c12. The molecule has 2 heterocycles. The van der Waals surface area contributed by atoms with Gasteiger partial charge in [-0.15, -0.1) is 0 Å². The Hall–Kier alpha value is -4.24. The molecule has 0 amide bonds. The highest BCUT2D eigenvalue weighted by molar-refractivity contribution is 7.88. The largest absolute Gasteiger partial charge is 0.534 e. The van der Waals surface area contributed by atoms with Gasteiger partial charge in [0.05, 0.1) is 29.2 Å². The summed E-state index contributed by atoms with van der Waals surface area (Å²) in [5.74, 6) is 0.648. The standard InChI is InChI=1S/C22H15F3N4O4S/c1-14-19(33-34(30,31)22(23,24)25)13-29-21(14)20(15(11-26)12-27-29)28-16-7-9-18(10-8-16)32-17-5-3-2-4-6-17/h2-10,12-13,28H,1H3. The maximum atomic E-state index is 12.8. The van der Waals surface area contributed by atoms with Gasteiger partial charge in [0.1, 0.15) is 17.6 Å². The zero-order valence-corrected chi connectivity index (χ0v) is 18.2. The molecular weight excluding hydrogens is 473 g/mol. The molecule has 0 saturated carbocycles. The van der Waals surface area contributed by atoms with E-state index in [4.69, 9.17) is 4.74 Å². The molecule has 0 fully saturated rings. The van der Waals surface area contributed by atoms with Crippen molar-refractivity contribution in [2.24, 2.45) is 0 Å². The van der Waals surface area contributed by atoms with Crippen LogP contribution in [0, 0.1) is 18.3 Å². The summed E-state index contributed by atoms with van der Waals surface area (Å²) in [7, 11) is -5.88.